The fraction of sp³-hybridized carbons (Fsp3) is 0.300. The molecule has 3 rings (SSSR count). The van der Waals surface area contributed by atoms with Gasteiger partial charge in [-0.3, -0.25) is 4.79 Å². The van der Waals surface area contributed by atoms with Gasteiger partial charge in [0.05, 0.1) is 25.9 Å². The van der Waals surface area contributed by atoms with E-state index in [4.69, 9.17) is 9.47 Å². The normalized spacial score (nSPS) is 16.5. The number of ether oxygens (including phenoxy) is 2. The van der Waals surface area contributed by atoms with Crippen molar-refractivity contribution in [2.75, 3.05) is 44.0 Å². The number of benzene rings is 2. The summed E-state index contributed by atoms with van der Waals surface area (Å²) in [4.78, 5) is 26.5. The topological polar surface area (TPSA) is 79.9 Å². The lowest BCUT2D eigenvalue weighted by atomic mass is 10.2. The molecule has 1 atom stereocenters. The van der Waals surface area contributed by atoms with Crippen LogP contribution in [-0.4, -0.2) is 56.4 Å². The lowest BCUT2D eigenvalue weighted by Gasteiger charge is -2.32. The van der Waals surface area contributed by atoms with Crippen LogP contribution in [0.15, 0.2) is 48.5 Å². The van der Waals surface area contributed by atoms with E-state index < -0.39 is 11.7 Å². The van der Waals surface area contributed by atoms with Gasteiger partial charge in [0.15, 0.2) is 0 Å². The Kier molecular flexibility index (Phi) is 6.57. The molecule has 3 amide bonds. The van der Waals surface area contributed by atoms with Crippen LogP contribution in [0.4, 0.5) is 20.6 Å². The third kappa shape index (κ3) is 5.28. The highest BCUT2D eigenvalue weighted by molar-refractivity contribution is 6.05. The third-order valence-electron chi connectivity index (χ3n) is 4.24. The number of urea groups is 1. The summed E-state index contributed by atoms with van der Waals surface area (Å²) >= 11 is 0. The van der Waals surface area contributed by atoms with Gasteiger partial charge in [-0.25, -0.2) is 9.18 Å². The molecule has 148 valence electrons. The van der Waals surface area contributed by atoms with Gasteiger partial charge in [-0.15, -0.1) is 0 Å². The average molecular weight is 387 g/mol. The quantitative estimate of drug-likeness (QED) is 0.827. The largest absolute Gasteiger partial charge is 0.382 e. The molecule has 2 N–H and O–H groups in total. The number of nitrogens with zero attached hydrogens (tertiary/aromatic N) is 1. The fourth-order valence-corrected chi connectivity index (χ4v) is 2.90. The fourth-order valence-electron chi connectivity index (χ4n) is 2.90. The molecule has 1 heterocycles. The predicted molar refractivity (Wildman–Crippen MR) is 103 cm³/mol. The van der Waals surface area contributed by atoms with Crippen LogP contribution in [0, 0.1) is 5.82 Å². The minimum absolute atomic E-state index is 0.159. The first-order chi connectivity index (χ1) is 13.5. The van der Waals surface area contributed by atoms with Crippen molar-refractivity contribution in [2.45, 2.75) is 6.10 Å². The minimum Gasteiger partial charge on any atom is -0.382 e. The summed E-state index contributed by atoms with van der Waals surface area (Å²) in [6, 6.07) is 11.9. The van der Waals surface area contributed by atoms with Crippen molar-refractivity contribution in [1.82, 2.24) is 4.90 Å². The van der Waals surface area contributed by atoms with Crippen LogP contribution in [0.1, 0.15) is 10.4 Å². The number of hydrogen-bond acceptors (Lipinski definition) is 4. The summed E-state index contributed by atoms with van der Waals surface area (Å²) in [5.74, 6) is -0.829. The van der Waals surface area contributed by atoms with E-state index in [9.17, 15) is 14.0 Å². The maximum Gasteiger partial charge on any atom is 0.322 e. The lowest BCUT2D eigenvalue weighted by Crippen LogP contribution is -2.48. The molecule has 2 aromatic carbocycles. The molecule has 8 heteroatoms. The molecule has 7 nitrogen and oxygen atoms in total. The molecule has 1 fully saturated rings. The van der Waals surface area contributed by atoms with Crippen LogP contribution in [0.25, 0.3) is 0 Å². The number of methoxy groups -OCH3 is 1. The number of anilines is 2. The molecule has 1 aliphatic heterocycles. The smallest absolute Gasteiger partial charge is 0.322 e. The maximum atomic E-state index is 13.3. The van der Waals surface area contributed by atoms with E-state index in [1.165, 1.54) is 18.2 Å². The number of amides is 3. The number of hydrogen-bond donors (Lipinski definition) is 2. The van der Waals surface area contributed by atoms with Crippen molar-refractivity contribution in [1.29, 1.82) is 0 Å². The van der Waals surface area contributed by atoms with E-state index in [-0.39, 0.29) is 12.1 Å². The zero-order valence-corrected chi connectivity index (χ0v) is 15.5. The van der Waals surface area contributed by atoms with Gasteiger partial charge >= 0.3 is 6.03 Å². The SMILES string of the molecule is COCC1CN(C(=O)Nc2cccc(C(=O)Nc3cccc(F)c3)c2)CCO1. The van der Waals surface area contributed by atoms with Crippen molar-refractivity contribution < 1.29 is 23.5 Å². The summed E-state index contributed by atoms with van der Waals surface area (Å²) in [5.41, 5.74) is 1.20. The highest BCUT2D eigenvalue weighted by Gasteiger charge is 2.24. The molecule has 0 saturated carbocycles. The Morgan fingerprint density at radius 2 is 1.93 bits per heavy atom. The van der Waals surface area contributed by atoms with Crippen molar-refractivity contribution in [2.24, 2.45) is 0 Å². The molecule has 0 spiro atoms. The number of nitrogens with one attached hydrogen (secondary N) is 2. The molecular formula is C20H22FN3O4. The number of halogens is 1. The first kappa shape index (κ1) is 19.8. The van der Waals surface area contributed by atoms with Crippen LogP contribution >= 0.6 is 0 Å². The van der Waals surface area contributed by atoms with E-state index in [0.717, 1.165) is 0 Å². The molecule has 1 unspecified atom stereocenters. The van der Waals surface area contributed by atoms with E-state index >= 15 is 0 Å². The molecule has 2 aromatic rings. The Balaban J connectivity index is 1.62. The third-order valence-corrected chi connectivity index (χ3v) is 4.24. The van der Waals surface area contributed by atoms with Gasteiger partial charge in [0.1, 0.15) is 5.82 Å². The van der Waals surface area contributed by atoms with Crippen LogP contribution in [0.3, 0.4) is 0 Å². The average Bonchev–Trinajstić information content (AvgIpc) is 2.69. The van der Waals surface area contributed by atoms with Gasteiger partial charge in [-0.05, 0) is 36.4 Å². The highest BCUT2D eigenvalue weighted by Crippen LogP contribution is 2.16. The van der Waals surface area contributed by atoms with Gasteiger partial charge in [0.25, 0.3) is 5.91 Å². The van der Waals surface area contributed by atoms with Gasteiger partial charge in [0, 0.05) is 30.6 Å². The van der Waals surface area contributed by atoms with Crippen LogP contribution < -0.4 is 10.6 Å². The van der Waals surface area contributed by atoms with Gasteiger partial charge in [-0.1, -0.05) is 12.1 Å². The second-order valence-electron chi connectivity index (χ2n) is 6.37. The molecule has 0 bridgehead atoms. The second kappa shape index (κ2) is 9.29. The van der Waals surface area contributed by atoms with Crippen LogP contribution in [0.2, 0.25) is 0 Å². The van der Waals surface area contributed by atoms with E-state index in [1.54, 1.807) is 42.3 Å². The van der Waals surface area contributed by atoms with Crippen molar-refractivity contribution >= 4 is 23.3 Å². The summed E-state index contributed by atoms with van der Waals surface area (Å²) in [6.07, 6.45) is -0.159. The zero-order chi connectivity index (χ0) is 19.9. The second-order valence-corrected chi connectivity index (χ2v) is 6.37. The van der Waals surface area contributed by atoms with E-state index in [1.807, 2.05) is 0 Å². The van der Waals surface area contributed by atoms with E-state index in [0.29, 0.717) is 43.2 Å². The predicted octanol–water partition coefficient (Wildman–Crippen LogP) is 2.96. The zero-order valence-electron chi connectivity index (χ0n) is 15.5. The Labute approximate surface area is 162 Å². The molecule has 0 radical (unpaired) electrons. The van der Waals surface area contributed by atoms with E-state index in [2.05, 4.69) is 10.6 Å². The summed E-state index contributed by atoms with van der Waals surface area (Å²) in [6.45, 7) is 1.77. The van der Waals surface area contributed by atoms with Crippen molar-refractivity contribution in [3.8, 4) is 0 Å². The van der Waals surface area contributed by atoms with Crippen molar-refractivity contribution in [3.63, 3.8) is 0 Å². The Morgan fingerprint density at radius 1 is 1.18 bits per heavy atom. The summed E-state index contributed by atoms with van der Waals surface area (Å²) in [5, 5.41) is 5.42. The number of carbonyl (C=O) groups is 2. The first-order valence-electron chi connectivity index (χ1n) is 8.88. The molecule has 1 aliphatic rings. The highest BCUT2D eigenvalue weighted by atomic mass is 19.1. The molecule has 0 aliphatic carbocycles. The van der Waals surface area contributed by atoms with Crippen molar-refractivity contribution in [3.05, 3.63) is 59.9 Å². The molecule has 1 saturated heterocycles. The summed E-state index contributed by atoms with van der Waals surface area (Å²) < 4.78 is 23.9. The molecule has 28 heavy (non-hydrogen) atoms. The first-order valence-corrected chi connectivity index (χ1v) is 8.88. The Morgan fingerprint density at radius 3 is 2.68 bits per heavy atom. The van der Waals surface area contributed by atoms with Crippen LogP contribution in [0.5, 0.6) is 0 Å². The monoisotopic (exact) mass is 387 g/mol. The molecular weight excluding hydrogens is 365 g/mol. The minimum atomic E-state index is -0.434. The number of carbonyl (C=O) groups excluding carboxylic acids is 2. The number of morpholine rings is 1. The standard InChI is InChI=1S/C20H22FN3O4/c1-27-13-18-12-24(8-9-28-18)20(26)23-16-6-2-4-14(10-16)19(25)22-17-7-3-5-15(21)11-17/h2-7,10-11,18H,8-9,12-13H2,1H3,(H,22,25)(H,23,26). The van der Waals surface area contributed by atoms with Gasteiger partial charge in [-0.2, -0.15) is 0 Å². The Bertz CT molecular complexity index is 844. The molecule has 0 aromatic heterocycles. The van der Waals surface area contributed by atoms with Gasteiger partial charge < -0.3 is 25.0 Å². The maximum absolute atomic E-state index is 13.3. The lowest BCUT2D eigenvalue weighted by molar-refractivity contribution is -0.0481. The number of rotatable bonds is 5. The van der Waals surface area contributed by atoms with Gasteiger partial charge in [0.2, 0.25) is 0 Å². The Hall–Kier alpha value is -2.97. The summed E-state index contributed by atoms with van der Waals surface area (Å²) in [7, 11) is 1.59. The van der Waals surface area contributed by atoms with Crippen LogP contribution in [-0.2, 0) is 9.47 Å².